The second kappa shape index (κ2) is 5.54. The molecule has 1 nitrogen and oxygen atoms in total. The minimum absolute atomic E-state index is 0.0511. The highest BCUT2D eigenvalue weighted by molar-refractivity contribution is 5.35. The van der Waals surface area contributed by atoms with Gasteiger partial charge in [-0.05, 0) is 61.6 Å². The van der Waals surface area contributed by atoms with E-state index < -0.39 is 0 Å². The van der Waals surface area contributed by atoms with Crippen molar-refractivity contribution in [1.29, 1.82) is 0 Å². The molecule has 0 bridgehead atoms. The molecule has 0 heterocycles. The van der Waals surface area contributed by atoms with E-state index in [9.17, 15) is 4.39 Å². The molecule has 19 heavy (non-hydrogen) atoms. The van der Waals surface area contributed by atoms with E-state index in [0.29, 0.717) is 0 Å². The number of benzene rings is 2. The van der Waals surface area contributed by atoms with Crippen LogP contribution in [0.1, 0.15) is 33.9 Å². The van der Waals surface area contributed by atoms with Crippen LogP contribution in [-0.2, 0) is 6.42 Å². The summed E-state index contributed by atoms with van der Waals surface area (Å²) in [5.74, 6) is -0.193. The van der Waals surface area contributed by atoms with E-state index in [0.717, 1.165) is 23.1 Å². The predicted molar refractivity (Wildman–Crippen MR) is 77.7 cm³/mol. The van der Waals surface area contributed by atoms with Gasteiger partial charge < -0.3 is 5.73 Å². The lowest BCUT2D eigenvalue weighted by Gasteiger charge is -2.16. The fraction of sp³-hybridized carbons (Fsp3) is 0.294. The Hall–Kier alpha value is -1.67. The van der Waals surface area contributed by atoms with Gasteiger partial charge in [0, 0.05) is 6.04 Å². The van der Waals surface area contributed by atoms with Crippen LogP contribution in [0.3, 0.4) is 0 Å². The summed E-state index contributed by atoms with van der Waals surface area (Å²) in [5, 5.41) is 0. The third-order valence-corrected chi connectivity index (χ3v) is 3.57. The van der Waals surface area contributed by atoms with E-state index in [1.54, 1.807) is 6.07 Å². The smallest absolute Gasteiger partial charge is 0.123 e. The zero-order valence-electron chi connectivity index (χ0n) is 11.7. The van der Waals surface area contributed by atoms with Crippen LogP contribution in [0, 0.1) is 26.6 Å². The molecule has 0 aliphatic heterocycles. The minimum Gasteiger partial charge on any atom is -0.324 e. The third kappa shape index (κ3) is 3.21. The molecule has 0 aromatic heterocycles. The van der Waals surface area contributed by atoms with Gasteiger partial charge in [-0.25, -0.2) is 4.39 Å². The minimum atomic E-state index is -0.193. The molecule has 0 spiro atoms. The molecule has 2 aromatic rings. The van der Waals surface area contributed by atoms with Gasteiger partial charge in [0.05, 0.1) is 0 Å². The van der Waals surface area contributed by atoms with Gasteiger partial charge in [-0.15, -0.1) is 0 Å². The summed E-state index contributed by atoms with van der Waals surface area (Å²) in [6.07, 6.45) is 0.732. The number of aryl methyl sites for hydroxylation is 3. The highest BCUT2D eigenvalue weighted by atomic mass is 19.1. The van der Waals surface area contributed by atoms with Crippen molar-refractivity contribution in [1.82, 2.24) is 0 Å². The Labute approximate surface area is 114 Å². The number of nitrogens with two attached hydrogens (primary N) is 1. The van der Waals surface area contributed by atoms with Gasteiger partial charge in [0.15, 0.2) is 0 Å². The zero-order valence-corrected chi connectivity index (χ0v) is 11.7. The molecule has 100 valence electrons. The van der Waals surface area contributed by atoms with Crippen LogP contribution in [0.2, 0.25) is 0 Å². The normalized spacial score (nSPS) is 12.5. The van der Waals surface area contributed by atoms with Gasteiger partial charge in [-0.2, -0.15) is 0 Å². The zero-order chi connectivity index (χ0) is 14.0. The van der Waals surface area contributed by atoms with E-state index in [2.05, 4.69) is 32.0 Å². The van der Waals surface area contributed by atoms with Gasteiger partial charge in [-0.1, -0.05) is 29.8 Å². The summed E-state index contributed by atoms with van der Waals surface area (Å²) in [7, 11) is 0. The van der Waals surface area contributed by atoms with E-state index in [1.165, 1.54) is 17.2 Å². The van der Waals surface area contributed by atoms with Gasteiger partial charge in [0.25, 0.3) is 0 Å². The van der Waals surface area contributed by atoms with Crippen molar-refractivity contribution in [2.45, 2.75) is 33.2 Å². The van der Waals surface area contributed by atoms with Gasteiger partial charge in [-0.3, -0.25) is 0 Å². The highest BCUT2D eigenvalue weighted by Gasteiger charge is 2.11. The Morgan fingerprint density at radius 1 is 1.00 bits per heavy atom. The first kappa shape index (κ1) is 13.8. The summed E-state index contributed by atoms with van der Waals surface area (Å²) in [4.78, 5) is 0. The molecule has 2 N–H and O–H groups in total. The molecule has 2 heteroatoms. The summed E-state index contributed by atoms with van der Waals surface area (Å²) in [6.45, 7) is 6.08. The molecule has 0 aliphatic rings. The standard InChI is InChI=1S/C17H20FN/c1-11-4-7-16(13(3)8-11)17(19)10-14-5-6-15(18)9-12(14)2/h4-9,17H,10,19H2,1-3H3. The van der Waals surface area contributed by atoms with Crippen molar-refractivity contribution in [2.24, 2.45) is 5.73 Å². The van der Waals surface area contributed by atoms with Crippen molar-refractivity contribution >= 4 is 0 Å². The van der Waals surface area contributed by atoms with Crippen molar-refractivity contribution < 1.29 is 4.39 Å². The molecule has 1 unspecified atom stereocenters. The van der Waals surface area contributed by atoms with Crippen LogP contribution >= 0.6 is 0 Å². The van der Waals surface area contributed by atoms with E-state index in [1.807, 2.05) is 13.0 Å². The van der Waals surface area contributed by atoms with Crippen LogP contribution in [0.5, 0.6) is 0 Å². The Kier molecular flexibility index (Phi) is 4.01. The molecule has 0 aliphatic carbocycles. The Balaban J connectivity index is 2.23. The first-order valence-electron chi connectivity index (χ1n) is 6.55. The second-order valence-corrected chi connectivity index (χ2v) is 5.24. The fourth-order valence-electron chi connectivity index (χ4n) is 2.48. The summed E-state index contributed by atoms with van der Waals surface area (Å²) in [5.41, 5.74) is 12.0. The van der Waals surface area contributed by atoms with Crippen molar-refractivity contribution in [3.8, 4) is 0 Å². The summed E-state index contributed by atoms with van der Waals surface area (Å²) >= 11 is 0. The van der Waals surface area contributed by atoms with E-state index in [4.69, 9.17) is 5.73 Å². The first-order valence-corrected chi connectivity index (χ1v) is 6.55. The van der Waals surface area contributed by atoms with Gasteiger partial charge in [0.1, 0.15) is 5.82 Å². The molecule has 2 rings (SSSR count). The molecule has 2 aromatic carbocycles. The first-order chi connectivity index (χ1) is 8.97. The molecule has 1 atom stereocenters. The number of hydrogen-bond donors (Lipinski definition) is 1. The fourth-order valence-corrected chi connectivity index (χ4v) is 2.48. The quantitative estimate of drug-likeness (QED) is 0.884. The SMILES string of the molecule is Cc1ccc(C(N)Cc2ccc(F)cc2C)c(C)c1. The molecule has 0 radical (unpaired) electrons. The summed E-state index contributed by atoms with van der Waals surface area (Å²) in [6, 6.07) is 11.2. The topological polar surface area (TPSA) is 26.0 Å². The third-order valence-electron chi connectivity index (χ3n) is 3.57. The predicted octanol–water partition coefficient (Wildman–Crippen LogP) is 3.99. The van der Waals surface area contributed by atoms with Crippen LogP contribution in [0.4, 0.5) is 4.39 Å². The van der Waals surface area contributed by atoms with Crippen LogP contribution in [0.25, 0.3) is 0 Å². The molecule has 0 saturated carbocycles. The maximum absolute atomic E-state index is 13.1. The maximum Gasteiger partial charge on any atom is 0.123 e. The average molecular weight is 257 g/mol. The van der Waals surface area contributed by atoms with Crippen molar-refractivity contribution in [3.63, 3.8) is 0 Å². The second-order valence-electron chi connectivity index (χ2n) is 5.24. The Bertz CT molecular complexity index is 590. The maximum atomic E-state index is 13.1. The lowest BCUT2D eigenvalue weighted by molar-refractivity contribution is 0.623. The average Bonchev–Trinajstić information content (AvgIpc) is 2.32. The van der Waals surface area contributed by atoms with Crippen LogP contribution in [-0.4, -0.2) is 0 Å². The number of halogens is 1. The molecule has 0 fully saturated rings. The van der Waals surface area contributed by atoms with E-state index >= 15 is 0 Å². The number of hydrogen-bond acceptors (Lipinski definition) is 1. The molecule has 0 saturated heterocycles. The van der Waals surface area contributed by atoms with Crippen molar-refractivity contribution in [2.75, 3.05) is 0 Å². The molecular formula is C17H20FN. The van der Waals surface area contributed by atoms with E-state index in [-0.39, 0.29) is 11.9 Å². The van der Waals surface area contributed by atoms with Crippen molar-refractivity contribution in [3.05, 3.63) is 70.0 Å². The van der Waals surface area contributed by atoms with Gasteiger partial charge >= 0.3 is 0 Å². The Morgan fingerprint density at radius 2 is 1.74 bits per heavy atom. The highest BCUT2D eigenvalue weighted by Crippen LogP contribution is 2.22. The monoisotopic (exact) mass is 257 g/mol. The number of rotatable bonds is 3. The Morgan fingerprint density at radius 3 is 2.37 bits per heavy atom. The lowest BCUT2D eigenvalue weighted by atomic mass is 9.93. The van der Waals surface area contributed by atoms with Crippen LogP contribution < -0.4 is 5.73 Å². The molecule has 0 amide bonds. The largest absolute Gasteiger partial charge is 0.324 e. The van der Waals surface area contributed by atoms with Crippen LogP contribution in [0.15, 0.2) is 36.4 Å². The van der Waals surface area contributed by atoms with Gasteiger partial charge in [0.2, 0.25) is 0 Å². The summed E-state index contributed by atoms with van der Waals surface area (Å²) < 4.78 is 13.1. The lowest BCUT2D eigenvalue weighted by Crippen LogP contribution is -2.15. The molecular weight excluding hydrogens is 237 g/mol.